The first kappa shape index (κ1) is 11.1. The number of carbonyl (C=O) groups is 1. The minimum atomic E-state index is 0.107. The molecule has 0 aliphatic carbocycles. The average Bonchev–Trinajstić information content (AvgIpc) is 2.77. The van der Waals surface area contributed by atoms with Crippen molar-refractivity contribution in [1.82, 2.24) is 4.98 Å². The molecule has 2 heterocycles. The number of aromatic nitrogens is 1. The number of pyridine rings is 1. The summed E-state index contributed by atoms with van der Waals surface area (Å²) >= 11 is 0. The fourth-order valence-corrected chi connectivity index (χ4v) is 2.36. The third kappa shape index (κ3) is 2.08. The number of ketones is 1. The lowest BCUT2D eigenvalue weighted by Crippen LogP contribution is -2.29. The van der Waals surface area contributed by atoms with Gasteiger partial charge >= 0.3 is 0 Å². The van der Waals surface area contributed by atoms with Crippen LogP contribution in [0, 0.1) is 0 Å². The SMILES string of the molecule is CCC1CCCN1c1cc(C(C)=O)ccn1. The molecule has 1 aromatic rings. The Labute approximate surface area is 96.5 Å². The second-order valence-electron chi connectivity index (χ2n) is 4.36. The van der Waals surface area contributed by atoms with Crippen LogP contribution in [0.15, 0.2) is 18.3 Å². The molecule has 0 N–H and O–H groups in total. The number of anilines is 1. The number of Topliss-reactive ketones (excluding diaryl/α,β-unsaturated/α-hetero) is 1. The van der Waals surface area contributed by atoms with Crippen molar-refractivity contribution in [3.63, 3.8) is 0 Å². The summed E-state index contributed by atoms with van der Waals surface area (Å²) < 4.78 is 0. The Morgan fingerprint density at radius 3 is 3.12 bits per heavy atom. The zero-order chi connectivity index (χ0) is 11.5. The molecule has 0 radical (unpaired) electrons. The second-order valence-corrected chi connectivity index (χ2v) is 4.36. The summed E-state index contributed by atoms with van der Waals surface area (Å²) in [7, 11) is 0. The Balaban J connectivity index is 2.26. The summed E-state index contributed by atoms with van der Waals surface area (Å²) in [4.78, 5) is 18.0. The molecule has 0 bridgehead atoms. The molecule has 0 amide bonds. The van der Waals surface area contributed by atoms with Gasteiger partial charge in [0, 0.05) is 24.3 Å². The van der Waals surface area contributed by atoms with Crippen LogP contribution in [0.5, 0.6) is 0 Å². The molecule has 1 fully saturated rings. The van der Waals surface area contributed by atoms with Crippen LogP contribution in [0.3, 0.4) is 0 Å². The highest BCUT2D eigenvalue weighted by Crippen LogP contribution is 2.26. The quantitative estimate of drug-likeness (QED) is 0.731. The van der Waals surface area contributed by atoms with Crippen LogP contribution in [-0.4, -0.2) is 23.4 Å². The van der Waals surface area contributed by atoms with Crippen LogP contribution in [-0.2, 0) is 0 Å². The van der Waals surface area contributed by atoms with Gasteiger partial charge in [-0.3, -0.25) is 4.79 Å². The van der Waals surface area contributed by atoms with Crippen LogP contribution in [0.2, 0.25) is 0 Å². The molecule has 0 saturated carbocycles. The second kappa shape index (κ2) is 4.64. The van der Waals surface area contributed by atoms with Gasteiger partial charge < -0.3 is 4.90 Å². The maximum absolute atomic E-state index is 11.3. The van der Waals surface area contributed by atoms with Crippen LogP contribution in [0.25, 0.3) is 0 Å². The molecule has 0 spiro atoms. The van der Waals surface area contributed by atoms with Gasteiger partial charge in [-0.15, -0.1) is 0 Å². The standard InChI is InChI=1S/C13H18N2O/c1-3-12-5-4-8-15(12)13-9-11(10(2)16)6-7-14-13/h6-7,9,12H,3-5,8H2,1-2H3. The number of rotatable bonds is 3. The lowest BCUT2D eigenvalue weighted by molar-refractivity contribution is 0.101. The number of hydrogen-bond acceptors (Lipinski definition) is 3. The smallest absolute Gasteiger partial charge is 0.159 e. The van der Waals surface area contributed by atoms with E-state index < -0.39 is 0 Å². The van der Waals surface area contributed by atoms with Gasteiger partial charge in [-0.25, -0.2) is 4.98 Å². The molecular weight excluding hydrogens is 200 g/mol. The molecule has 1 aliphatic heterocycles. The van der Waals surface area contributed by atoms with Crippen LogP contribution in [0.1, 0.15) is 43.5 Å². The Bertz CT molecular complexity index is 389. The van der Waals surface area contributed by atoms with Gasteiger partial charge in [0.2, 0.25) is 0 Å². The van der Waals surface area contributed by atoms with Gasteiger partial charge in [0.1, 0.15) is 5.82 Å². The average molecular weight is 218 g/mol. The monoisotopic (exact) mass is 218 g/mol. The maximum atomic E-state index is 11.3. The van der Waals surface area contributed by atoms with Crippen molar-refractivity contribution in [1.29, 1.82) is 0 Å². The summed E-state index contributed by atoms with van der Waals surface area (Å²) in [6, 6.07) is 4.29. The van der Waals surface area contributed by atoms with Crippen molar-refractivity contribution in [2.45, 2.75) is 39.2 Å². The van der Waals surface area contributed by atoms with E-state index in [9.17, 15) is 4.79 Å². The molecule has 1 atom stereocenters. The highest BCUT2D eigenvalue weighted by atomic mass is 16.1. The highest BCUT2D eigenvalue weighted by Gasteiger charge is 2.24. The largest absolute Gasteiger partial charge is 0.354 e. The summed E-state index contributed by atoms with van der Waals surface area (Å²) in [5.74, 6) is 1.06. The third-order valence-electron chi connectivity index (χ3n) is 3.29. The van der Waals surface area contributed by atoms with E-state index in [-0.39, 0.29) is 5.78 Å². The van der Waals surface area contributed by atoms with Crippen molar-refractivity contribution in [3.8, 4) is 0 Å². The first-order valence-electron chi connectivity index (χ1n) is 5.96. The molecule has 1 aromatic heterocycles. The molecule has 86 valence electrons. The molecule has 16 heavy (non-hydrogen) atoms. The molecule has 3 heteroatoms. The molecule has 2 rings (SSSR count). The summed E-state index contributed by atoms with van der Waals surface area (Å²) in [5.41, 5.74) is 0.756. The highest BCUT2D eigenvalue weighted by molar-refractivity contribution is 5.94. The van der Waals surface area contributed by atoms with E-state index in [4.69, 9.17) is 0 Å². The van der Waals surface area contributed by atoms with Crippen LogP contribution in [0.4, 0.5) is 5.82 Å². The van der Waals surface area contributed by atoms with Gasteiger partial charge in [-0.1, -0.05) is 6.92 Å². The number of nitrogens with zero attached hydrogens (tertiary/aromatic N) is 2. The fourth-order valence-electron chi connectivity index (χ4n) is 2.36. The predicted octanol–water partition coefficient (Wildman–Crippen LogP) is 2.66. The minimum absolute atomic E-state index is 0.107. The topological polar surface area (TPSA) is 33.2 Å². The van der Waals surface area contributed by atoms with E-state index in [1.807, 2.05) is 6.07 Å². The lowest BCUT2D eigenvalue weighted by atomic mass is 10.1. The Morgan fingerprint density at radius 1 is 1.62 bits per heavy atom. The molecule has 1 unspecified atom stereocenters. The predicted molar refractivity (Wildman–Crippen MR) is 64.9 cm³/mol. The molecule has 1 aliphatic rings. The zero-order valence-electron chi connectivity index (χ0n) is 9.94. The summed E-state index contributed by atoms with van der Waals surface area (Å²) in [5, 5.41) is 0. The van der Waals surface area contributed by atoms with E-state index in [2.05, 4.69) is 16.8 Å². The van der Waals surface area contributed by atoms with Crippen molar-refractivity contribution < 1.29 is 4.79 Å². The Hall–Kier alpha value is -1.38. The van der Waals surface area contributed by atoms with Crippen molar-refractivity contribution in [3.05, 3.63) is 23.9 Å². The Kier molecular flexibility index (Phi) is 3.22. The van der Waals surface area contributed by atoms with Crippen molar-refractivity contribution >= 4 is 11.6 Å². The Morgan fingerprint density at radius 2 is 2.44 bits per heavy atom. The lowest BCUT2D eigenvalue weighted by Gasteiger charge is -2.24. The van der Waals surface area contributed by atoms with Crippen molar-refractivity contribution in [2.75, 3.05) is 11.4 Å². The van der Waals surface area contributed by atoms with Gasteiger partial charge in [0.05, 0.1) is 0 Å². The van der Waals surface area contributed by atoms with Gasteiger partial charge in [-0.2, -0.15) is 0 Å². The maximum Gasteiger partial charge on any atom is 0.159 e. The molecule has 3 nitrogen and oxygen atoms in total. The fraction of sp³-hybridized carbons (Fsp3) is 0.538. The van der Waals surface area contributed by atoms with Gasteiger partial charge in [0.25, 0.3) is 0 Å². The van der Waals surface area contributed by atoms with E-state index in [0.717, 1.165) is 24.3 Å². The first-order valence-corrected chi connectivity index (χ1v) is 5.96. The molecular formula is C13H18N2O. The minimum Gasteiger partial charge on any atom is -0.354 e. The number of hydrogen-bond donors (Lipinski definition) is 0. The number of carbonyl (C=O) groups excluding carboxylic acids is 1. The van der Waals surface area contributed by atoms with Crippen LogP contribution >= 0.6 is 0 Å². The molecule has 1 saturated heterocycles. The molecule has 0 aromatic carbocycles. The van der Waals surface area contributed by atoms with Gasteiger partial charge in [-0.05, 0) is 38.3 Å². The van der Waals surface area contributed by atoms with E-state index >= 15 is 0 Å². The van der Waals surface area contributed by atoms with E-state index in [1.165, 1.54) is 12.8 Å². The van der Waals surface area contributed by atoms with E-state index in [0.29, 0.717) is 6.04 Å². The van der Waals surface area contributed by atoms with Crippen molar-refractivity contribution in [2.24, 2.45) is 0 Å². The third-order valence-corrected chi connectivity index (χ3v) is 3.29. The van der Waals surface area contributed by atoms with E-state index in [1.54, 1.807) is 19.2 Å². The van der Waals surface area contributed by atoms with Gasteiger partial charge in [0.15, 0.2) is 5.78 Å². The van der Waals surface area contributed by atoms with Crippen LogP contribution < -0.4 is 4.90 Å². The summed E-state index contributed by atoms with van der Waals surface area (Å²) in [6.45, 7) is 4.87. The summed E-state index contributed by atoms with van der Waals surface area (Å²) in [6.07, 6.45) is 5.34. The first-order chi connectivity index (χ1) is 7.72. The normalized spacial score (nSPS) is 20.1. The zero-order valence-corrected chi connectivity index (χ0v) is 9.94.